The Balaban J connectivity index is 1.72. The fraction of sp³-hybridized carbons (Fsp3) is 0.111. The minimum Gasteiger partial charge on any atom is -0.232 e. The van der Waals surface area contributed by atoms with Crippen LogP contribution in [-0.2, 0) is 14.1 Å². The van der Waals surface area contributed by atoms with Crippen molar-refractivity contribution in [2.24, 2.45) is 34.6 Å². The third kappa shape index (κ3) is 3.92. The van der Waals surface area contributed by atoms with Crippen LogP contribution >= 0.6 is 0 Å². The number of rotatable bonds is 4. The Hall–Kier alpha value is -3.28. The van der Waals surface area contributed by atoms with E-state index in [9.17, 15) is 0 Å². The van der Waals surface area contributed by atoms with Crippen LogP contribution in [0.4, 0.5) is 23.0 Å². The van der Waals surface area contributed by atoms with Crippen molar-refractivity contribution in [3.05, 3.63) is 73.1 Å². The van der Waals surface area contributed by atoms with Crippen LogP contribution in [-0.4, -0.2) is 0 Å². The van der Waals surface area contributed by atoms with E-state index in [4.69, 9.17) is 0 Å². The molecule has 0 saturated heterocycles. The van der Waals surface area contributed by atoms with Gasteiger partial charge in [0.15, 0.2) is 0 Å². The molecule has 3 rings (SSSR count). The van der Waals surface area contributed by atoms with Gasteiger partial charge in [0.05, 0.1) is 36.7 Å². The van der Waals surface area contributed by atoms with Crippen LogP contribution in [0.25, 0.3) is 0 Å². The highest BCUT2D eigenvalue weighted by molar-refractivity contribution is 5.47. The monoisotopic (exact) mass is 318 g/mol. The summed E-state index contributed by atoms with van der Waals surface area (Å²) >= 11 is 0. The van der Waals surface area contributed by atoms with Crippen molar-refractivity contribution in [3.63, 3.8) is 0 Å². The van der Waals surface area contributed by atoms with Gasteiger partial charge < -0.3 is 0 Å². The van der Waals surface area contributed by atoms with E-state index in [2.05, 4.69) is 20.5 Å². The van der Waals surface area contributed by atoms with E-state index in [0.717, 1.165) is 23.0 Å². The fourth-order valence-corrected chi connectivity index (χ4v) is 2.04. The van der Waals surface area contributed by atoms with Crippen LogP contribution in [0.15, 0.2) is 93.5 Å². The second kappa shape index (κ2) is 7.32. The number of aromatic nitrogens is 2. The van der Waals surface area contributed by atoms with Gasteiger partial charge >= 0.3 is 11.6 Å². The van der Waals surface area contributed by atoms with Crippen molar-refractivity contribution in [1.82, 2.24) is 0 Å². The van der Waals surface area contributed by atoms with Crippen LogP contribution in [0.3, 0.4) is 0 Å². The number of hydrogen-bond donors (Lipinski definition) is 0. The Morgan fingerprint density at radius 3 is 1.33 bits per heavy atom. The molecule has 0 spiro atoms. The quantitative estimate of drug-likeness (QED) is 0.512. The summed E-state index contributed by atoms with van der Waals surface area (Å²) in [6.45, 7) is 0. The zero-order chi connectivity index (χ0) is 16.8. The average molecular weight is 318 g/mol. The Labute approximate surface area is 140 Å². The lowest BCUT2D eigenvalue weighted by atomic mass is 10.3. The molecule has 0 radical (unpaired) electrons. The number of azo groups is 2. The molecule has 1 aromatic carbocycles. The number of benzene rings is 1. The highest BCUT2D eigenvalue weighted by atomic mass is 15.2. The molecule has 0 aliphatic heterocycles. The minimum atomic E-state index is 0.767. The lowest BCUT2D eigenvalue weighted by molar-refractivity contribution is -0.658. The SMILES string of the molecule is C[n+]1ccccc1N=Nc1ccc(N=Nc2cccc[n+]2C)cc1. The maximum Gasteiger partial charge on any atom is 0.350 e. The van der Waals surface area contributed by atoms with Crippen molar-refractivity contribution in [2.75, 3.05) is 0 Å². The molecule has 6 nitrogen and oxygen atoms in total. The van der Waals surface area contributed by atoms with Gasteiger partial charge in [-0.3, -0.25) is 0 Å². The Kier molecular flexibility index (Phi) is 4.76. The second-order valence-corrected chi connectivity index (χ2v) is 5.26. The van der Waals surface area contributed by atoms with E-state index < -0.39 is 0 Å². The topological polar surface area (TPSA) is 57.2 Å². The maximum atomic E-state index is 4.24. The Morgan fingerprint density at radius 1 is 0.542 bits per heavy atom. The van der Waals surface area contributed by atoms with Gasteiger partial charge in [-0.2, -0.15) is 0 Å². The van der Waals surface area contributed by atoms with Gasteiger partial charge in [-0.15, -0.1) is 0 Å². The van der Waals surface area contributed by atoms with E-state index in [1.54, 1.807) is 0 Å². The van der Waals surface area contributed by atoms with E-state index in [-0.39, 0.29) is 0 Å². The molecule has 3 aromatic rings. The summed E-state index contributed by atoms with van der Waals surface area (Å²) in [6.07, 6.45) is 3.86. The van der Waals surface area contributed by atoms with Gasteiger partial charge in [0.2, 0.25) is 0 Å². The van der Waals surface area contributed by atoms with Gasteiger partial charge in [-0.05, 0) is 46.6 Å². The molecule has 0 aliphatic rings. The summed E-state index contributed by atoms with van der Waals surface area (Å²) < 4.78 is 3.82. The molecule has 0 N–H and O–H groups in total. The van der Waals surface area contributed by atoms with Crippen molar-refractivity contribution >= 4 is 23.0 Å². The molecule has 0 aliphatic carbocycles. The molecule has 2 aromatic heterocycles. The third-order valence-electron chi connectivity index (χ3n) is 3.44. The lowest BCUT2D eigenvalue weighted by Gasteiger charge is -1.92. The largest absolute Gasteiger partial charge is 0.350 e. The standard InChI is InChI=1S/C18H18N6/c1-23-13-5-3-7-17(23)21-19-15-9-11-16(12-10-15)20-22-18-8-4-6-14-24(18)2/h3-14H,1-2H3/q+2. The van der Waals surface area contributed by atoms with Crippen molar-refractivity contribution in [2.45, 2.75) is 0 Å². The average Bonchev–Trinajstić information content (AvgIpc) is 2.61. The molecule has 0 fully saturated rings. The Bertz CT molecular complexity index is 810. The Morgan fingerprint density at radius 2 is 0.958 bits per heavy atom. The predicted molar refractivity (Wildman–Crippen MR) is 90.0 cm³/mol. The van der Waals surface area contributed by atoms with Gasteiger partial charge in [0.1, 0.15) is 11.4 Å². The first kappa shape index (κ1) is 15.6. The van der Waals surface area contributed by atoms with E-state index in [1.807, 2.05) is 96.3 Å². The highest BCUT2D eigenvalue weighted by Gasteiger charge is 2.05. The summed E-state index contributed by atoms with van der Waals surface area (Å²) in [5, 5.41) is 17.0. The first-order valence-electron chi connectivity index (χ1n) is 7.55. The number of aryl methyl sites for hydroxylation is 2. The smallest absolute Gasteiger partial charge is 0.232 e. The molecule has 0 atom stereocenters. The van der Waals surface area contributed by atoms with Gasteiger partial charge in [-0.25, -0.2) is 9.13 Å². The van der Waals surface area contributed by atoms with Crippen LogP contribution in [0, 0.1) is 0 Å². The highest BCUT2D eigenvalue weighted by Crippen LogP contribution is 2.21. The zero-order valence-electron chi connectivity index (χ0n) is 13.6. The van der Waals surface area contributed by atoms with Gasteiger partial charge in [-0.1, -0.05) is 12.1 Å². The molecule has 0 amide bonds. The zero-order valence-corrected chi connectivity index (χ0v) is 13.6. The number of pyridine rings is 2. The molecular formula is C18H18N6+2. The predicted octanol–water partition coefficient (Wildman–Crippen LogP) is 4.17. The fourth-order valence-electron chi connectivity index (χ4n) is 2.04. The first-order chi connectivity index (χ1) is 11.7. The number of nitrogens with zero attached hydrogens (tertiary/aromatic N) is 6. The van der Waals surface area contributed by atoms with Gasteiger partial charge in [0.25, 0.3) is 0 Å². The molecule has 6 heteroatoms. The molecule has 0 saturated carbocycles. The first-order valence-corrected chi connectivity index (χ1v) is 7.55. The van der Waals surface area contributed by atoms with E-state index in [0.29, 0.717) is 0 Å². The number of hydrogen-bond acceptors (Lipinski definition) is 4. The molecule has 118 valence electrons. The van der Waals surface area contributed by atoms with Crippen molar-refractivity contribution in [1.29, 1.82) is 0 Å². The van der Waals surface area contributed by atoms with Crippen LogP contribution in [0.2, 0.25) is 0 Å². The lowest BCUT2D eigenvalue weighted by Crippen LogP contribution is -2.26. The van der Waals surface area contributed by atoms with Crippen LogP contribution in [0.5, 0.6) is 0 Å². The van der Waals surface area contributed by atoms with Crippen LogP contribution < -0.4 is 9.13 Å². The molecular weight excluding hydrogens is 300 g/mol. The molecule has 24 heavy (non-hydrogen) atoms. The molecule has 0 bridgehead atoms. The summed E-state index contributed by atoms with van der Waals surface area (Å²) in [6, 6.07) is 19.0. The summed E-state index contributed by atoms with van der Waals surface area (Å²) in [7, 11) is 3.86. The van der Waals surface area contributed by atoms with E-state index >= 15 is 0 Å². The summed E-state index contributed by atoms with van der Waals surface area (Å²) in [5.74, 6) is 1.58. The minimum absolute atomic E-state index is 0.767. The summed E-state index contributed by atoms with van der Waals surface area (Å²) in [4.78, 5) is 0. The van der Waals surface area contributed by atoms with Gasteiger partial charge in [0, 0.05) is 12.1 Å². The second-order valence-electron chi connectivity index (χ2n) is 5.26. The molecule has 2 heterocycles. The van der Waals surface area contributed by atoms with Crippen LogP contribution in [0.1, 0.15) is 0 Å². The maximum absolute atomic E-state index is 4.24. The summed E-state index contributed by atoms with van der Waals surface area (Å²) in [5.41, 5.74) is 1.53. The van der Waals surface area contributed by atoms with E-state index in [1.165, 1.54) is 0 Å². The molecule has 0 unspecified atom stereocenters. The third-order valence-corrected chi connectivity index (χ3v) is 3.44. The normalized spacial score (nSPS) is 11.4. The van der Waals surface area contributed by atoms with Crippen molar-refractivity contribution < 1.29 is 9.13 Å². The van der Waals surface area contributed by atoms with Crippen molar-refractivity contribution in [3.8, 4) is 0 Å².